The Kier molecular flexibility index (Phi) is 5.42. The minimum Gasteiger partial charge on any atom is -0.497 e. The summed E-state index contributed by atoms with van der Waals surface area (Å²) in [6.07, 6.45) is 8.55. The number of rotatable bonds is 5. The Hall–Kier alpha value is -3.94. The van der Waals surface area contributed by atoms with Crippen LogP contribution in [-0.2, 0) is 7.05 Å². The van der Waals surface area contributed by atoms with Gasteiger partial charge in [-0.15, -0.1) is 0 Å². The Balaban J connectivity index is 1.41. The average molecular weight is 443 g/mol. The number of benzene rings is 1. The zero-order chi connectivity index (χ0) is 22.9. The normalized spacial score (nSPS) is 15.7. The summed E-state index contributed by atoms with van der Waals surface area (Å²) in [5.74, 6) is 1.48. The molecule has 3 aromatic heterocycles. The smallest absolute Gasteiger partial charge is 0.271 e. The van der Waals surface area contributed by atoms with Crippen LogP contribution in [0.2, 0.25) is 0 Å². The Morgan fingerprint density at radius 1 is 1.15 bits per heavy atom. The molecule has 1 atom stereocenters. The fraction of sp³-hybridized carbons (Fsp3) is 0.280. The van der Waals surface area contributed by atoms with Gasteiger partial charge >= 0.3 is 0 Å². The predicted octanol–water partition coefficient (Wildman–Crippen LogP) is 4.40. The van der Waals surface area contributed by atoms with Gasteiger partial charge in [-0.1, -0.05) is 0 Å². The van der Waals surface area contributed by atoms with E-state index in [0.29, 0.717) is 11.5 Å². The lowest BCUT2D eigenvalue weighted by Gasteiger charge is -2.25. The van der Waals surface area contributed by atoms with Crippen molar-refractivity contribution in [3.05, 3.63) is 72.1 Å². The van der Waals surface area contributed by atoms with Crippen LogP contribution in [-0.4, -0.2) is 44.0 Å². The number of carbonyl (C=O) groups is 1. The van der Waals surface area contributed by atoms with Gasteiger partial charge in [0.15, 0.2) is 0 Å². The summed E-state index contributed by atoms with van der Waals surface area (Å²) >= 11 is 0. The lowest BCUT2D eigenvalue weighted by molar-refractivity contribution is 0.0723. The fourth-order valence-corrected chi connectivity index (χ4v) is 4.68. The maximum atomic E-state index is 13.7. The van der Waals surface area contributed by atoms with Crippen molar-refractivity contribution in [2.24, 2.45) is 7.05 Å². The molecule has 0 spiro atoms. The molecule has 1 aliphatic rings. The van der Waals surface area contributed by atoms with E-state index in [1.54, 1.807) is 31.9 Å². The summed E-state index contributed by atoms with van der Waals surface area (Å²) in [5, 5.41) is 4.23. The molecule has 0 saturated carbocycles. The number of ether oxygens (including phenoxy) is 1. The third-order valence-electron chi connectivity index (χ3n) is 6.34. The first-order valence-corrected chi connectivity index (χ1v) is 11.0. The Morgan fingerprint density at radius 2 is 2.03 bits per heavy atom. The van der Waals surface area contributed by atoms with Crippen LogP contribution in [0, 0.1) is 6.92 Å². The number of pyridine rings is 1. The molecule has 0 unspecified atom stereocenters. The van der Waals surface area contributed by atoms with Crippen LogP contribution >= 0.6 is 0 Å². The molecule has 1 aromatic carbocycles. The molecule has 8 heteroatoms. The number of hydrogen-bond donors (Lipinski definition) is 1. The fourth-order valence-electron chi connectivity index (χ4n) is 4.68. The predicted molar refractivity (Wildman–Crippen MR) is 127 cm³/mol. The van der Waals surface area contributed by atoms with Gasteiger partial charge in [-0.05, 0) is 55.7 Å². The van der Waals surface area contributed by atoms with Gasteiger partial charge in [0.1, 0.15) is 17.3 Å². The minimum absolute atomic E-state index is 0.0382. The van der Waals surface area contributed by atoms with E-state index >= 15 is 0 Å². The Bertz CT molecular complexity index is 1300. The average Bonchev–Trinajstić information content (AvgIpc) is 3.43. The van der Waals surface area contributed by atoms with E-state index in [4.69, 9.17) is 4.74 Å². The van der Waals surface area contributed by atoms with Crippen molar-refractivity contribution in [2.45, 2.75) is 25.8 Å². The topological polar surface area (TPSA) is 85.2 Å². The van der Waals surface area contributed by atoms with E-state index in [9.17, 15) is 4.79 Å². The lowest BCUT2D eigenvalue weighted by Crippen LogP contribution is -2.32. The standard InChI is InChI=1S/C25H26N6O2/c1-16-19-13-18(33-3)7-9-21(19)30(2)24(16)25(32)31-12-4-5-22(31)20-8-6-17(14-28-20)29-23-15-26-10-11-27-23/h6-11,13-15,22H,4-5,12H2,1-3H3,(H,27,29)/t22-/m1/s1. The van der Waals surface area contributed by atoms with Gasteiger partial charge in [0.25, 0.3) is 5.91 Å². The maximum Gasteiger partial charge on any atom is 0.271 e. The molecular weight excluding hydrogens is 416 g/mol. The zero-order valence-electron chi connectivity index (χ0n) is 18.9. The number of likely N-dealkylation sites (tertiary alicyclic amines) is 1. The van der Waals surface area contributed by atoms with Crippen LogP contribution in [0.15, 0.2) is 55.1 Å². The number of fused-ring (bicyclic) bond motifs is 1. The molecule has 5 rings (SSSR count). The molecule has 1 saturated heterocycles. The van der Waals surface area contributed by atoms with E-state index in [2.05, 4.69) is 20.3 Å². The Morgan fingerprint density at radius 3 is 2.76 bits per heavy atom. The number of carbonyl (C=O) groups excluding carboxylic acids is 1. The van der Waals surface area contributed by atoms with Crippen LogP contribution in [0.1, 0.15) is 40.6 Å². The summed E-state index contributed by atoms with van der Waals surface area (Å²) in [6, 6.07) is 9.82. The number of aromatic nitrogens is 4. The van der Waals surface area contributed by atoms with E-state index in [1.165, 1.54) is 0 Å². The molecule has 168 valence electrons. The third-order valence-corrected chi connectivity index (χ3v) is 6.34. The SMILES string of the molecule is COc1ccc2c(c1)c(C)c(C(=O)N1CCC[C@@H]1c1ccc(Nc3cnccn3)cn1)n2C. The first-order valence-electron chi connectivity index (χ1n) is 11.0. The van der Waals surface area contributed by atoms with E-state index < -0.39 is 0 Å². The van der Waals surface area contributed by atoms with Crippen LogP contribution in [0.3, 0.4) is 0 Å². The number of hydrogen-bond acceptors (Lipinski definition) is 6. The number of anilines is 2. The van der Waals surface area contributed by atoms with Gasteiger partial charge in [-0.3, -0.25) is 14.8 Å². The molecule has 8 nitrogen and oxygen atoms in total. The summed E-state index contributed by atoms with van der Waals surface area (Å²) in [5.41, 5.74) is 4.42. The summed E-state index contributed by atoms with van der Waals surface area (Å²) < 4.78 is 7.37. The zero-order valence-corrected chi connectivity index (χ0v) is 18.9. The molecule has 33 heavy (non-hydrogen) atoms. The molecule has 1 fully saturated rings. The highest BCUT2D eigenvalue weighted by atomic mass is 16.5. The highest BCUT2D eigenvalue weighted by molar-refractivity contribution is 6.02. The number of nitrogens with one attached hydrogen (secondary N) is 1. The second-order valence-corrected chi connectivity index (χ2v) is 8.26. The molecule has 0 radical (unpaired) electrons. The molecule has 4 heterocycles. The second-order valence-electron chi connectivity index (χ2n) is 8.26. The van der Waals surface area contributed by atoms with E-state index in [-0.39, 0.29) is 11.9 Å². The van der Waals surface area contributed by atoms with Crippen LogP contribution < -0.4 is 10.1 Å². The van der Waals surface area contributed by atoms with Crippen molar-refractivity contribution in [3.63, 3.8) is 0 Å². The first-order chi connectivity index (χ1) is 16.1. The van der Waals surface area contributed by atoms with Gasteiger partial charge < -0.3 is 19.5 Å². The molecule has 0 aliphatic carbocycles. The van der Waals surface area contributed by atoms with Gasteiger partial charge in [0.05, 0.1) is 36.9 Å². The lowest BCUT2D eigenvalue weighted by atomic mass is 10.1. The number of amides is 1. The second kappa shape index (κ2) is 8.54. The maximum absolute atomic E-state index is 13.7. The highest BCUT2D eigenvalue weighted by Crippen LogP contribution is 2.35. The van der Waals surface area contributed by atoms with Gasteiger partial charge in [-0.25, -0.2) is 4.98 Å². The monoisotopic (exact) mass is 442 g/mol. The van der Waals surface area contributed by atoms with E-state index in [0.717, 1.165) is 53.0 Å². The van der Waals surface area contributed by atoms with Crippen LogP contribution in [0.4, 0.5) is 11.5 Å². The third kappa shape index (κ3) is 3.77. The van der Waals surface area contributed by atoms with E-state index in [1.807, 2.05) is 53.8 Å². The first kappa shape index (κ1) is 20.9. The van der Waals surface area contributed by atoms with Crippen molar-refractivity contribution < 1.29 is 9.53 Å². The van der Waals surface area contributed by atoms with Crippen molar-refractivity contribution >= 4 is 28.3 Å². The highest BCUT2D eigenvalue weighted by Gasteiger charge is 2.34. The molecule has 1 amide bonds. The van der Waals surface area contributed by atoms with Gasteiger partial charge in [0, 0.05) is 36.9 Å². The van der Waals surface area contributed by atoms with Crippen molar-refractivity contribution in [3.8, 4) is 5.75 Å². The van der Waals surface area contributed by atoms with Crippen molar-refractivity contribution in [1.29, 1.82) is 0 Å². The minimum atomic E-state index is -0.0463. The summed E-state index contributed by atoms with van der Waals surface area (Å²) in [7, 11) is 3.60. The quantitative estimate of drug-likeness (QED) is 0.493. The molecule has 4 aromatic rings. The van der Waals surface area contributed by atoms with Crippen molar-refractivity contribution in [2.75, 3.05) is 19.0 Å². The molecular formula is C25H26N6O2. The van der Waals surface area contributed by atoms with Gasteiger partial charge in [-0.2, -0.15) is 0 Å². The number of nitrogens with zero attached hydrogens (tertiary/aromatic N) is 5. The van der Waals surface area contributed by atoms with Gasteiger partial charge in [0.2, 0.25) is 0 Å². The summed E-state index contributed by atoms with van der Waals surface area (Å²) in [6.45, 7) is 2.72. The molecule has 0 bridgehead atoms. The summed E-state index contributed by atoms with van der Waals surface area (Å²) in [4.78, 5) is 28.6. The Labute approximate surface area is 192 Å². The van der Waals surface area contributed by atoms with Crippen LogP contribution in [0.5, 0.6) is 5.75 Å². The van der Waals surface area contributed by atoms with Crippen LogP contribution in [0.25, 0.3) is 10.9 Å². The molecule has 1 aliphatic heterocycles. The number of methoxy groups -OCH3 is 1. The number of aryl methyl sites for hydroxylation is 2. The van der Waals surface area contributed by atoms with Crippen molar-refractivity contribution in [1.82, 2.24) is 24.4 Å². The molecule has 1 N–H and O–H groups in total. The largest absolute Gasteiger partial charge is 0.497 e.